The van der Waals surface area contributed by atoms with E-state index in [1.807, 2.05) is 0 Å². The lowest BCUT2D eigenvalue weighted by atomic mass is 9.95. The molecule has 1 aliphatic rings. The fraction of sp³-hybridized carbons (Fsp3) is 0.185. The third-order valence-electron chi connectivity index (χ3n) is 5.73. The van der Waals surface area contributed by atoms with Crippen molar-refractivity contribution in [3.05, 3.63) is 94.5 Å². The Bertz CT molecular complexity index is 1250. The molecule has 1 aliphatic heterocycles. The maximum atomic E-state index is 13.1. The van der Waals surface area contributed by atoms with E-state index in [0.29, 0.717) is 33.4 Å². The Labute approximate surface area is 208 Å². The highest BCUT2D eigenvalue weighted by molar-refractivity contribution is 6.46. The molecule has 0 bridgehead atoms. The summed E-state index contributed by atoms with van der Waals surface area (Å²) in [5.41, 5.74) is 0.994. The summed E-state index contributed by atoms with van der Waals surface area (Å²) in [4.78, 5) is 27.6. The lowest BCUT2D eigenvalue weighted by Gasteiger charge is -2.25. The van der Waals surface area contributed by atoms with E-state index < -0.39 is 17.7 Å². The molecule has 1 saturated heterocycles. The molecule has 3 aromatic rings. The quantitative estimate of drug-likeness (QED) is 0.274. The number of Topliss-reactive ketones (excluding diaryl/α,β-unsaturated/α-hetero) is 1. The van der Waals surface area contributed by atoms with Gasteiger partial charge in [-0.1, -0.05) is 35.9 Å². The third kappa shape index (κ3) is 5.10. The van der Waals surface area contributed by atoms with E-state index in [1.54, 1.807) is 87.0 Å². The van der Waals surface area contributed by atoms with Crippen LogP contribution in [-0.2, 0) is 9.59 Å². The second-order valence-corrected chi connectivity index (χ2v) is 8.24. The molecule has 1 N–H and O–H groups in total. The van der Waals surface area contributed by atoms with Crippen molar-refractivity contribution in [3.8, 4) is 17.2 Å². The highest BCUT2D eigenvalue weighted by atomic mass is 35.5. The molecule has 8 heteroatoms. The molecule has 7 nitrogen and oxygen atoms in total. The second kappa shape index (κ2) is 10.5. The van der Waals surface area contributed by atoms with Gasteiger partial charge in [0.2, 0.25) is 0 Å². The fourth-order valence-electron chi connectivity index (χ4n) is 3.97. The van der Waals surface area contributed by atoms with Gasteiger partial charge in [-0.2, -0.15) is 0 Å². The normalized spacial score (nSPS) is 16.9. The zero-order valence-electron chi connectivity index (χ0n) is 19.2. The SMILES string of the molecule is COc1ccc(OCCN2C(=O)C(=O)/C(=C(\O)c3cccc(Cl)c3)C2c2ccc(OC)cc2)cc1. The van der Waals surface area contributed by atoms with Crippen molar-refractivity contribution in [2.24, 2.45) is 0 Å². The van der Waals surface area contributed by atoms with E-state index in [4.69, 9.17) is 25.8 Å². The van der Waals surface area contributed by atoms with Gasteiger partial charge in [0.25, 0.3) is 11.7 Å². The summed E-state index contributed by atoms with van der Waals surface area (Å²) < 4.78 is 16.2. The maximum Gasteiger partial charge on any atom is 0.295 e. The first kappa shape index (κ1) is 24.2. The number of carbonyl (C=O) groups excluding carboxylic acids is 2. The largest absolute Gasteiger partial charge is 0.507 e. The fourth-order valence-corrected chi connectivity index (χ4v) is 4.16. The van der Waals surface area contributed by atoms with Gasteiger partial charge in [-0.05, 0) is 54.1 Å². The standard InChI is InChI=1S/C27H24ClNO6/c1-33-20-8-6-17(7-9-20)24-23(25(30)18-4-3-5-19(28)16-18)26(31)27(32)29(24)14-15-35-22-12-10-21(34-2)11-13-22/h3-13,16,24,30H,14-15H2,1-2H3/b25-23-. The topological polar surface area (TPSA) is 85.3 Å². The minimum absolute atomic E-state index is 0.00752. The Kier molecular flexibility index (Phi) is 7.27. The number of hydrogen-bond acceptors (Lipinski definition) is 6. The predicted molar refractivity (Wildman–Crippen MR) is 132 cm³/mol. The third-order valence-corrected chi connectivity index (χ3v) is 5.97. The van der Waals surface area contributed by atoms with Crippen LogP contribution >= 0.6 is 11.6 Å². The van der Waals surface area contributed by atoms with Crippen molar-refractivity contribution in [1.82, 2.24) is 4.90 Å². The van der Waals surface area contributed by atoms with Crippen molar-refractivity contribution >= 4 is 29.1 Å². The Hall–Kier alpha value is -3.97. The highest BCUT2D eigenvalue weighted by Crippen LogP contribution is 2.40. The second-order valence-electron chi connectivity index (χ2n) is 7.80. The summed E-state index contributed by atoms with van der Waals surface area (Å²) in [6.07, 6.45) is 0. The van der Waals surface area contributed by atoms with Crippen LogP contribution in [0.5, 0.6) is 17.2 Å². The van der Waals surface area contributed by atoms with Crippen LogP contribution in [0.15, 0.2) is 78.4 Å². The molecule has 4 rings (SSSR count). The van der Waals surface area contributed by atoms with Crippen LogP contribution in [-0.4, -0.2) is 49.1 Å². The van der Waals surface area contributed by atoms with Gasteiger partial charge < -0.3 is 24.2 Å². The molecule has 1 fully saturated rings. The first-order valence-corrected chi connectivity index (χ1v) is 11.3. The lowest BCUT2D eigenvalue weighted by Crippen LogP contribution is -2.33. The summed E-state index contributed by atoms with van der Waals surface area (Å²) in [6.45, 7) is 0.267. The summed E-state index contributed by atoms with van der Waals surface area (Å²) in [7, 11) is 3.13. The van der Waals surface area contributed by atoms with E-state index in [1.165, 1.54) is 4.90 Å². The van der Waals surface area contributed by atoms with Crippen LogP contribution in [0.2, 0.25) is 5.02 Å². The molecule has 0 spiro atoms. The molecule has 0 radical (unpaired) electrons. The number of methoxy groups -OCH3 is 2. The number of carbonyl (C=O) groups is 2. The van der Waals surface area contributed by atoms with Crippen molar-refractivity contribution < 1.29 is 28.9 Å². The summed E-state index contributed by atoms with van der Waals surface area (Å²) in [5, 5.41) is 11.5. The molecular formula is C27H24ClNO6. The average molecular weight is 494 g/mol. The molecule has 180 valence electrons. The minimum Gasteiger partial charge on any atom is -0.507 e. The predicted octanol–water partition coefficient (Wildman–Crippen LogP) is 4.86. The zero-order valence-corrected chi connectivity index (χ0v) is 20.0. The number of ketones is 1. The lowest BCUT2D eigenvalue weighted by molar-refractivity contribution is -0.140. The van der Waals surface area contributed by atoms with Gasteiger partial charge >= 0.3 is 0 Å². The van der Waals surface area contributed by atoms with Gasteiger partial charge in [-0.15, -0.1) is 0 Å². The van der Waals surface area contributed by atoms with Crippen molar-refractivity contribution in [2.75, 3.05) is 27.4 Å². The van der Waals surface area contributed by atoms with Gasteiger partial charge in [-0.25, -0.2) is 0 Å². The zero-order chi connectivity index (χ0) is 24.9. The van der Waals surface area contributed by atoms with Crippen LogP contribution < -0.4 is 14.2 Å². The molecule has 0 aromatic heterocycles. The van der Waals surface area contributed by atoms with Crippen molar-refractivity contribution in [1.29, 1.82) is 0 Å². The average Bonchev–Trinajstić information content (AvgIpc) is 3.13. The van der Waals surface area contributed by atoms with Crippen molar-refractivity contribution in [3.63, 3.8) is 0 Å². The molecule has 0 aliphatic carbocycles. The molecule has 1 unspecified atom stereocenters. The Morgan fingerprint density at radius 3 is 2.11 bits per heavy atom. The van der Waals surface area contributed by atoms with Gasteiger partial charge in [-0.3, -0.25) is 9.59 Å². The number of rotatable bonds is 8. The number of likely N-dealkylation sites (tertiary alicyclic amines) is 1. The molecule has 3 aromatic carbocycles. The molecule has 1 amide bonds. The van der Waals surface area contributed by atoms with E-state index in [-0.39, 0.29) is 24.5 Å². The van der Waals surface area contributed by atoms with E-state index in [0.717, 1.165) is 0 Å². The van der Waals surface area contributed by atoms with Crippen LogP contribution in [0.3, 0.4) is 0 Å². The monoisotopic (exact) mass is 493 g/mol. The maximum absolute atomic E-state index is 13.1. The van der Waals surface area contributed by atoms with Crippen LogP contribution in [0.1, 0.15) is 17.2 Å². The van der Waals surface area contributed by atoms with E-state index in [2.05, 4.69) is 0 Å². The van der Waals surface area contributed by atoms with Gasteiger partial charge in [0.15, 0.2) is 0 Å². The van der Waals surface area contributed by atoms with Gasteiger partial charge in [0, 0.05) is 10.6 Å². The number of amides is 1. The van der Waals surface area contributed by atoms with Gasteiger partial charge in [0.1, 0.15) is 29.6 Å². The molecule has 1 heterocycles. The van der Waals surface area contributed by atoms with Crippen molar-refractivity contribution in [2.45, 2.75) is 6.04 Å². The Balaban J connectivity index is 1.67. The van der Waals surface area contributed by atoms with E-state index >= 15 is 0 Å². The minimum atomic E-state index is -0.806. The van der Waals surface area contributed by atoms with Gasteiger partial charge in [0.05, 0.1) is 32.4 Å². The van der Waals surface area contributed by atoms with Crippen LogP contribution in [0.25, 0.3) is 5.76 Å². The number of ether oxygens (including phenoxy) is 3. The smallest absolute Gasteiger partial charge is 0.295 e. The highest BCUT2D eigenvalue weighted by Gasteiger charge is 2.46. The number of hydrogen-bond donors (Lipinski definition) is 1. The summed E-state index contributed by atoms with van der Waals surface area (Å²) in [5.74, 6) is 0.153. The molecule has 1 atom stereocenters. The first-order valence-electron chi connectivity index (χ1n) is 10.9. The summed E-state index contributed by atoms with van der Waals surface area (Å²) >= 11 is 6.09. The Morgan fingerprint density at radius 1 is 0.914 bits per heavy atom. The van der Waals surface area contributed by atoms with Crippen LogP contribution in [0, 0.1) is 0 Å². The molecular weight excluding hydrogens is 470 g/mol. The number of nitrogens with zero attached hydrogens (tertiary/aromatic N) is 1. The summed E-state index contributed by atoms with van der Waals surface area (Å²) in [6, 6.07) is 19.7. The van der Waals surface area contributed by atoms with Crippen LogP contribution in [0.4, 0.5) is 0 Å². The molecule has 35 heavy (non-hydrogen) atoms. The number of aliphatic hydroxyl groups excluding tert-OH is 1. The number of aliphatic hydroxyl groups is 1. The first-order chi connectivity index (χ1) is 16.9. The van der Waals surface area contributed by atoms with E-state index in [9.17, 15) is 14.7 Å². The number of halogens is 1. The number of benzene rings is 3. The molecule has 0 saturated carbocycles. The Morgan fingerprint density at radius 2 is 1.51 bits per heavy atom.